The summed E-state index contributed by atoms with van der Waals surface area (Å²) in [7, 11) is -0.781. The Labute approximate surface area is 217 Å². The molecular weight excluding hydrogens is 520 g/mol. The summed E-state index contributed by atoms with van der Waals surface area (Å²) in [5.74, 6) is 0.955. The molecule has 3 aromatic carbocycles. The molecule has 1 heterocycles. The van der Waals surface area contributed by atoms with Crippen LogP contribution in [0.5, 0.6) is 5.75 Å². The molecule has 4 aromatic rings. The van der Waals surface area contributed by atoms with Crippen LogP contribution in [0.2, 0.25) is 5.04 Å². The van der Waals surface area contributed by atoms with Gasteiger partial charge in [-0.1, -0.05) is 88.4 Å². The van der Waals surface area contributed by atoms with E-state index in [1.54, 1.807) is 18.4 Å². The number of halogens is 1. The molecule has 2 nitrogen and oxygen atoms in total. The van der Waals surface area contributed by atoms with Crippen molar-refractivity contribution in [3.05, 3.63) is 87.7 Å². The average Bonchev–Trinajstić information content (AvgIpc) is 3.16. The lowest BCUT2D eigenvalue weighted by atomic mass is 10.1. The van der Waals surface area contributed by atoms with Crippen LogP contribution in [0.3, 0.4) is 0 Å². The number of methoxy groups -OCH3 is 1. The van der Waals surface area contributed by atoms with Gasteiger partial charge in [-0.05, 0) is 67.4 Å². The van der Waals surface area contributed by atoms with Gasteiger partial charge < -0.3 is 9.16 Å². The van der Waals surface area contributed by atoms with E-state index in [4.69, 9.17) is 9.16 Å². The quantitative estimate of drug-likeness (QED) is 0.212. The monoisotopic (exact) mass is 552 g/mol. The van der Waals surface area contributed by atoms with Crippen LogP contribution >= 0.6 is 27.3 Å². The molecule has 0 bridgehead atoms. The van der Waals surface area contributed by atoms with Crippen molar-refractivity contribution in [2.45, 2.75) is 45.6 Å². The molecule has 5 heteroatoms. The molecular formula is C29H33BrO2SSi. The van der Waals surface area contributed by atoms with Gasteiger partial charge in [0.15, 0.2) is 0 Å². The molecule has 34 heavy (non-hydrogen) atoms. The van der Waals surface area contributed by atoms with E-state index in [-0.39, 0.29) is 5.04 Å². The van der Waals surface area contributed by atoms with E-state index < -0.39 is 8.32 Å². The zero-order valence-corrected chi connectivity index (χ0v) is 24.1. The molecule has 0 N–H and O–H groups in total. The smallest absolute Gasteiger partial charge is 0.261 e. The lowest BCUT2D eigenvalue weighted by Gasteiger charge is -2.43. The van der Waals surface area contributed by atoms with Crippen LogP contribution in [0.1, 0.15) is 38.8 Å². The fourth-order valence-electron chi connectivity index (χ4n) is 4.93. The number of hydrogen-bond donors (Lipinski definition) is 0. The first-order valence-electron chi connectivity index (χ1n) is 11.8. The van der Waals surface area contributed by atoms with E-state index in [2.05, 4.69) is 116 Å². The van der Waals surface area contributed by atoms with Gasteiger partial charge in [-0.3, -0.25) is 0 Å². The van der Waals surface area contributed by atoms with Crippen molar-refractivity contribution in [3.63, 3.8) is 0 Å². The maximum atomic E-state index is 7.14. The highest BCUT2D eigenvalue weighted by atomic mass is 79.9. The standard InChI is InChI=1S/C29H33BrO2SSi/c1-6-21-19-25(31-5)27-24(28(30)33-26(27)20-21)17-18-32-34(29(2,3)4,22-13-9-7-10-14-22)23-15-11-8-12-16-23/h7-16,19-20H,6,17-18H2,1-5H3. The summed E-state index contributed by atoms with van der Waals surface area (Å²) >= 11 is 5.63. The van der Waals surface area contributed by atoms with Gasteiger partial charge in [0.1, 0.15) is 5.75 Å². The normalized spacial score (nSPS) is 12.3. The van der Waals surface area contributed by atoms with Gasteiger partial charge in [0.25, 0.3) is 8.32 Å². The number of hydrogen-bond acceptors (Lipinski definition) is 3. The second-order valence-electron chi connectivity index (χ2n) is 9.64. The average molecular weight is 554 g/mol. The van der Waals surface area contributed by atoms with E-state index in [0.717, 1.165) is 18.6 Å². The van der Waals surface area contributed by atoms with Crippen LogP contribution in [0.4, 0.5) is 0 Å². The third-order valence-electron chi connectivity index (χ3n) is 6.58. The van der Waals surface area contributed by atoms with Crippen molar-refractivity contribution < 1.29 is 9.16 Å². The molecule has 178 valence electrons. The second-order valence-corrected chi connectivity index (χ2v) is 16.3. The topological polar surface area (TPSA) is 18.5 Å². The highest BCUT2D eigenvalue weighted by Crippen LogP contribution is 2.42. The number of ether oxygens (including phenoxy) is 1. The number of benzene rings is 3. The van der Waals surface area contributed by atoms with Crippen molar-refractivity contribution >= 4 is 56.0 Å². The fraction of sp³-hybridized carbons (Fsp3) is 0.310. The third kappa shape index (κ3) is 4.63. The molecule has 0 spiro atoms. The van der Waals surface area contributed by atoms with Gasteiger partial charge in [-0.25, -0.2) is 0 Å². The maximum Gasteiger partial charge on any atom is 0.261 e. The van der Waals surface area contributed by atoms with Crippen LogP contribution in [0.15, 0.2) is 76.6 Å². The van der Waals surface area contributed by atoms with Crippen molar-refractivity contribution in [2.24, 2.45) is 0 Å². The maximum absolute atomic E-state index is 7.14. The molecule has 0 amide bonds. The van der Waals surface area contributed by atoms with Crippen LogP contribution in [0, 0.1) is 0 Å². The summed E-state index contributed by atoms with van der Waals surface area (Å²) < 4.78 is 15.4. The zero-order valence-electron chi connectivity index (χ0n) is 20.7. The van der Waals surface area contributed by atoms with E-state index >= 15 is 0 Å². The molecule has 0 unspecified atom stereocenters. The molecule has 0 aliphatic rings. The van der Waals surface area contributed by atoms with Gasteiger partial charge >= 0.3 is 0 Å². The van der Waals surface area contributed by atoms with Gasteiger partial charge in [0.2, 0.25) is 0 Å². The molecule has 0 radical (unpaired) electrons. The Morgan fingerprint density at radius 1 is 0.912 bits per heavy atom. The minimum absolute atomic E-state index is 0.0304. The summed E-state index contributed by atoms with van der Waals surface area (Å²) in [5, 5.41) is 3.81. The Morgan fingerprint density at radius 2 is 1.50 bits per heavy atom. The van der Waals surface area contributed by atoms with E-state index in [0.29, 0.717) is 6.61 Å². The molecule has 0 aliphatic carbocycles. The Kier molecular flexibility index (Phi) is 7.68. The number of aryl methyl sites for hydroxylation is 1. The van der Waals surface area contributed by atoms with Crippen LogP contribution in [-0.2, 0) is 17.3 Å². The number of rotatable bonds is 8. The Bertz CT molecular complexity index is 1210. The highest BCUT2D eigenvalue weighted by Gasteiger charge is 2.50. The second kappa shape index (κ2) is 10.4. The van der Waals surface area contributed by atoms with Crippen LogP contribution in [0.25, 0.3) is 10.1 Å². The van der Waals surface area contributed by atoms with E-state index in [9.17, 15) is 0 Å². The molecule has 0 atom stereocenters. The molecule has 4 rings (SSSR count). The van der Waals surface area contributed by atoms with Crippen molar-refractivity contribution in [3.8, 4) is 5.75 Å². The van der Waals surface area contributed by atoms with Gasteiger partial charge in [-0.2, -0.15) is 0 Å². The summed E-state index contributed by atoms with van der Waals surface area (Å²) in [6, 6.07) is 26.2. The first-order chi connectivity index (χ1) is 16.3. The van der Waals surface area contributed by atoms with Gasteiger partial charge in [0, 0.05) is 16.7 Å². The summed E-state index contributed by atoms with van der Waals surface area (Å²) in [6.07, 6.45) is 1.82. The molecule has 0 fully saturated rings. The van der Waals surface area contributed by atoms with Crippen LogP contribution in [-0.4, -0.2) is 22.0 Å². The Balaban J connectivity index is 1.74. The minimum atomic E-state index is -2.55. The molecule has 0 aliphatic heterocycles. The summed E-state index contributed by atoms with van der Waals surface area (Å²) in [5.41, 5.74) is 2.57. The minimum Gasteiger partial charge on any atom is -0.496 e. The first-order valence-corrected chi connectivity index (χ1v) is 15.4. The summed E-state index contributed by atoms with van der Waals surface area (Å²) in [4.78, 5) is 0. The van der Waals surface area contributed by atoms with Gasteiger partial charge in [-0.15, -0.1) is 11.3 Å². The lowest BCUT2D eigenvalue weighted by Crippen LogP contribution is -2.66. The lowest BCUT2D eigenvalue weighted by molar-refractivity contribution is 0.302. The fourth-order valence-corrected chi connectivity index (χ4v) is 11.5. The van der Waals surface area contributed by atoms with Gasteiger partial charge in [0.05, 0.1) is 10.9 Å². The van der Waals surface area contributed by atoms with Crippen molar-refractivity contribution in [1.29, 1.82) is 0 Å². The molecule has 1 aromatic heterocycles. The molecule has 0 saturated carbocycles. The Morgan fingerprint density at radius 3 is 2.00 bits per heavy atom. The molecule has 0 saturated heterocycles. The Hall–Kier alpha value is -1.92. The SMILES string of the molecule is CCc1cc(OC)c2c(CCO[Si](c3ccccc3)(c3ccccc3)C(C)(C)C)c(Br)sc2c1. The highest BCUT2D eigenvalue weighted by molar-refractivity contribution is 9.11. The van der Waals surface area contributed by atoms with Crippen molar-refractivity contribution in [2.75, 3.05) is 13.7 Å². The first kappa shape index (κ1) is 25.2. The predicted octanol–water partition coefficient (Wildman–Crippen LogP) is 7.35. The summed E-state index contributed by atoms with van der Waals surface area (Å²) in [6.45, 7) is 9.80. The van der Waals surface area contributed by atoms with E-state index in [1.807, 2.05) is 0 Å². The van der Waals surface area contributed by atoms with E-state index in [1.165, 1.54) is 35.4 Å². The number of fused-ring (bicyclic) bond motifs is 1. The van der Waals surface area contributed by atoms with Crippen LogP contribution < -0.4 is 15.1 Å². The third-order valence-corrected chi connectivity index (χ3v) is 13.6. The predicted molar refractivity (Wildman–Crippen MR) is 153 cm³/mol. The zero-order chi connectivity index (χ0) is 24.3. The largest absolute Gasteiger partial charge is 0.496 e. The number of thiophene rings is 1. The van der Waals surface area contributed by atoms with Crippen molar-refractivity contribution in [1.82, 2.24) is 0 Å².